The maximum Gasteiger partial charge on any atom is 0.417 e. The van der Waals surface area contributed by atoms with Gasteiger partial charge in [-0.05, 0) is 18.2 Å². The number of aliphatic hydroxyl groups excluding tert-OH is 1. The summed E-state index contributed by atoms with van der Waals surface area (Å²) in [7, 11) is 0. The number of aromatic nitrogens is 1. The van der Waals surface area contributed by atoms with E-state index in [4.69, 9.17) is 14.8 Å². The van der Waals surface area contributed by atoms with E-state index >= 15 is 0 Å². The van der Waals surface area contributed by atoms with Gasteiger partial charge in [-0.2, -0.15) is 31.6 Å². The SMILES string of the molecule is N#Cc1ccc(N(Cc2ncc(CO)o2)CC(F)(F)F)cc1C(F)(F)F. The molecular weight excluding hydrogens is 368 g/mol. The maximum absolute atomic E-state index is 13.0. The highest BCUT2D eigenvalue weighted by molar-refractivity contribution is 5.55. The second kappa shape index (κ2) is 7.25. The Balaban J connectivity index is 2.43. The van der Waals surface area contributed by atoms with Crippen molar-refractivity contribution < 1.29 is 35.9 Å². The topological polar surface area (TPSA) is 73.3 Å². The summed E-state index contributed by atoms with van der Waals surface area (Å²) in [6.45, 7) is -2.67. The number of halogens is 6. The van der Waals surface area contributed by atoms with Crippen molar-refractivity contribution in [2.45, 2.75) is 25.5 Å². The summed E-state index contributed by atoms with van der Waals surface area (Å²) in [5, 5.41) is 17.7. The molecule has 0 saturated carbocycles. The highest BCUT2D eigenvalue weighted by atomic mass is 19.4. The van der Waals surface area contributed by atoms with E-state index in [1.165, 1.54) is 6.07 Å². The second-order valence-corrected chi connectivity index (χ2v) is 5.19. The third-order valence-electron chi connectivity index (χ3n) is 3.25. The molecule has 1 aromatic heterocycles. The van der Waals surface area contributed by atoms with Gasteiger partial charge in [0.05, 0.1) is 29.9 Å². The Bertz CT molecular complexity index is 807. The van der Waals surface area contributed by atoms with Crippen molar-refractivity contribution in [1.82, 2.24) is 4.98 Å². The first-order valence-corrected chi connectivity index (χ1v) is 7.01. The van der Waals surface area contributed by atoms with Crippen LogP contribution in [0.1, 0.15) is 22.8 Å². The summed E-state index contributed by atoms with van der Waals surface area (Å²) < 4.78 is 82.6. The van der Waals surface area contributed by atoms with Crippen LogP contribution in [0.5, 0.6) is 0 Å². The minimum Gasteiger partial charge on any atom is -0.441 e. The van der Waals surface area contributed by atoms with Crippen LogP contribution in [0.15, 0.2) is 28.8 Å². The van der Waals surface area contributed by atoms with E-state index in [9.17, 15) is 26.3 Å². The Morgan fingerprint density at radius 3 is 2.38 bits per heavy atom. The number of benzene rings is 1. The number of nitrogens with zero attached hydrogens (tertiary/aromatic N) is 3. The Morgan fingerprint density at radius 2 is 1.88 bits per heavy atom. The minimum absolute atomic E-state index is 0.00256. The highest BCUT2D eigenvalue weighted by Gasteiger charge is 2.36. The average Bonchev–Trinajstić information content (AvgIpc) is 2.99. The van der Waals surface area contributed by atoms with E-state index in [0.717, 1.165) is 18.3 Å². The normalized spacial score (nSPS) is 12.1. The molecule has 1 aromatic carbocycles. The van der Waals surface area contributed by atoms with E-state index in [2.05, 4.69) is 4.98 Å². The predicted octanol–water partition coefficient (Wildman–Crippen LogP) is 3.63. The summed E-state index contributed by atoms with van der Waals surface area (Å²) in [4.78, 5) is 4.26. The van der Waals surface area contributed by atoms with Crippen LogP contribution in [0.2, 0.25) is 0 Å². The number of hydrogen-bond donors (Lipinski definition) is 1. The minimum atomic E-state index is -4.90. The Kier molecular flexibility index (Phi) is 5.46. The van der Waals surface area contributed by atoms with Crippen LogP contribution < -0.4 is 4.90 Å². The van der Waals surface area contributed by atoms with Crippen molar-refractivity contribution >= 4 is 5.69 Å². The monoisotopic (exact) mass is 379 g/mol. The van der Waals surface area contributed by atoms with Gasteiger partial charge in [0, 0.05) is 5.69 Å². The number of hydrogen-bond acceptors (Lipinski definition) is 5. The van der Waals surface area contributed by atoms with Gasteiger partial charge in [-0.25, -0.2) is 4.98 Å². The van der Waals surface area contributed by atoms with Crippen molar-refractivity contribution in [3.63, 3.8) is 0 Å². The van der Waals surface area contributed by atoms with Gasteiger partial charge in [0.15, 0.2) is 0 Å². The summed E-state index contributed by atoms with van der Waals surface area (Å²) in [6.07, 6.45) is -8.52. The van der Waals surface area contributed by atoms with Gasteiger partial charge in [-0.1, -0.05) is 0 Å². The van der Waals surface area contributed by atoms with E-state index in [0.29, 0.717) is 11.0 Å². The number of nitriles is 1. The van der Waals surface area contributed by atoms with Crippen molar-refractivity contribution in [3.8, 4) is 6.07 Å². The van der Waals surface area contributed by atoms with Gasteiger partial charge >= 0.3 is 12.4 Å². The number of rotatable bonds is 5. The molecular formula is C15H11F6N3O2. The molecule has 0 spiro atoms. The van der Waals surface area contributed by atoms with Crippen LogP contribution in [-0.2, 0) is 19.3 Å². The number of alkyl halides is 6. The zero-order valence-electron chi connectivity index (χ0n) is 12.9. The zero-order chi connectivity index (χ0) is 19.5. The molecule has 0 aliphatic heterocycles. The summed E-state index contributed by atoms with van der Waals surface area (Å²) >= 11 is 0. The third-order valence-corrected chi connectivity index (χ3v) is 3.25. The molecule has 0 bridgehead atoms. The standard InChI is InChI=1S/C15H11F6N3O2/c16-14(17,18)8-24(6-13-23-5-11(7-25)26-13)10-2-1-9(4-22)12(3-10)15(19,20)21/h1-3,5,25H,6-8H2. The van der Waals surface area contributed by atoms with Crippen molar-refractivity contribution in [2.75, 3.05) is 11.4 Å². The lowest BCUT2D eigenvalue weighted by molar-refractivity contribution is -0.137. The van der Waals surface area contributed by atoms with Crippen molar-refractivity contribution in [1.29, 1.82) is 5.26 Å². The molecule has 5 nitrogen and oxygen atoms in total. The molecule has 0 fully saturated rings. The first-order valence-electron chi connectivity index (χ1n) is 7.01. The number of anilines is 1. The van der Waals surface area contributed by atoms with Crippen molar-refractivity contribution in [2.24, 2.45) is 0 Å². The Morgan fingerprint density at radius 1 is 1.19 bits per heavy atom. The molecule has 0 aliphatic carbocycles. The average molecular weight is 379 g/mol. The Labute approximate surface area is 143 Å². The van der Waals surface area contributed by atoms with E-state index in [1.54, 1.807) is 0 Å². The molecule has 26 heavy (non-hydrogen) atoms. The molecule has 0 aliphatic rings. The van der Waals surface area contributed by atoms with Crippen LogP contribution >= 0.6 is 0 Å². The molecule has 0 atom stereocenters. The van der Waals surface area contributed by atoms with Gasteiger partial charge < -0.3 is 14.4 Å². The van der Waals surface area contributed by atoms with Gasteiger partial charge in [0.25, 0.3) is 0 Å². The van der Waals surface area contributed by atoms with Gasteiger partial charge in [-0.15, -0.1) is 0 Å². The first kappa shape index (κ1) is 19.6. The molecule has 0 unspecified atom stereocenters. The first-order chi connectivity index (χ1) is 12.0. The van der Waals surface area contributed by atoms with Gasteiger partial charge in [0.1, 0.15) is 18.9 Å². The number of oxazole rings is 1. The molecule has 0 amide bonds. The van der Waals surface area contributed by atoms with Crippen LogP contribution in [0, 0.1) is 11.3 Å². The van der Waals surface area contributed by atoms with E-state index in [-0.39, 0.29) is 11.7 Å². The fourth-order valence-electron chi connectivity index (χ4n) is 2.17. The predicted molar refractivity (Wildman–Crippen MR) is 75.7 cm³/mol. The molecule has 2 rings (SSSR count). The lowest BCUT2D eigenvalue weighted by atomic mass is 10.1. The molecule has 1 heterocycles. The summed E-state index contributed by atoms with van der Waals surface area (Å²) in [6, 6.07) is 3.61. The molecule has 11 heteroatoms. The third kappa shape index (κ3) is 4.89. The smallest absolute Gasteiger partial charge is 0.417 e. The van der Waals surface area contributed by atoms with E-state index in [1.807, 2.05) is 0 Å². The zero-order valence-corrected chi connectivity index (χ0v) is 12.9. The molecule has 0 saturated heterocycles. The largest absolute Gasteiger partial charge is 0.441 e. The molecule has 2 aromatic rings. The lowest BCUT2D eigenvalue weighted by Gasteiger charge is -2.25. The fraction of sp³-hybridized carbons (Fsp3) is 0.333. The second-order valence-electron chi connectivity index (χ2n) is 5.19. The molecule has 1 N–H and O–H groups in total. The lowest BCUT2D eigenvalue weighted by Crippen LogP contribution is -2.34. The van der Waals surface area contributed by atoms with Crippen LogP contribution in [0.4, 0.5) is 32.0 Å². The quantitative estimate of drug-likeness (QED) is 0.804. The molecule has 140 valence electrons. The molecule has 0 radical (unpaired) electrons. The van der Waals surface area contributed by atoms with Crippen LogP contribution in [0.25, 0.3) is 0 Å². The fourth-order valence-corrected chi connectivity index (χ4v) is 2.17. The number of aliphatic hydroxyl groups is 1. The van der Waals surface area contributed by atoms with Crippen LogP contribution in [-0.4, -0.2) is 22.8 Å². The highest BCUT2D eigenvalue weighted by Crippen LogP contribution is 2.35. The Hall–Kier alpha value is -2.74. The van der Waals surface area contributed by atoms with E-state index < -0.39 is 48.9 Å². The van der Waals surface area contributed by atoms with Gasteiger partial charge in [0.2, 0.25) is 5.89 Å². The summed E-state index contributed by atoms with van der Waals surface area (Å²) in [5.74, 6) is -0.209. The van der Waals surface area contributed by atoms with Gasteiger partial charge in [-0.3, -0.25) is 0 Å². The maximum atomic E-state index is 13.0. The van der Waals surface area contributed by atoms with Crippen molar-refractivity contribution in [3.05, 3.63) is 47.2 Å². The summed E-state index contributed by atoms with van der Waals surface area (Å²) in [5.41, 5.74) is -2.45. The van der Waals surface area contributed by atoms with Crippen LogP contribution in [0.3, 0.4) is 0 Å².